The van der Waals surface area contributed by atoms with Gasteiger partial charge in [0.25, 0.3) is 5.56 Å². The number of H-pyrrole nitrogens is 1. The molecule has 0 fully saturated rings. The fraction of sp³-hybridized carbons (Fsp3) is 0.0588. The van der Waals surface area contributed by atoms with Crippen LogP contribution in [0.1, 0.15) is 16.9 Å². The van der Waals surface area contributed by atoms with Crippen molar-refractivity contribution < 1.29 is 4.42 Å². The van der Waals surface area contributed by atoms with E-state index in [4.69, 9.17) is 4.42 Å². The Morgan fingerprint density at radius 1 is 1.14 bits per heavy atom. The normalized spacial score (nSPS) is 10.2. The Kier molecular flexibility index (Phi) is 3.40. The number of aromatic nitrogens is 1. The van der Waals surface area contributed by atoms with Crippen molar-refractivity contribution in [2.24, 2.45) is 0 Å². The van der Waals surface area contributed by atoms with Gasteiger partial charge in [-0.15, -0.1) is 0 Å². The number of pyridine rings is 1. The maximum Gasteiger partial charge on any atom is 0.252 e. The molecule has 0 bridgehead atoms. The van der Waals surface area contributed by atoms with Crippen LogP contribution in [0.15, 0.2) is 64.0 Å². The van der Waals surface area contributed by atoms with Crippen molar-refractivity contribution in [1.82, 2.24) is 4.98 Å². The zero-order valence-electron chi connectivity index (χ0n) is 11.2. The quantitative estimate of drug-likeness (QED) is 0.799. The van der Waals surface area contributed by atoms with Gasteiger partial charge in [0.1, 0.15) is 11.8 Å². The average Bonchev–Trinajstić information content (AvgIpc) is 3.03. The van der Waals surface area contributed by atoms with E-state index in [0.717, 1.165) is 5.56 Å². The van der Waals surface area contributed by atoms with E-state index in [1.165, 1.54) is 0 Å². The van der Waals surface area contributed by atoms with Gasteiger partial charge in [-0.05, 0) is 23.8 Å². The summed E-state index contributed by atoms with van der Waals surface area (Å²) in [6.07, 6.45) is 1.93. The molecule has 2 aromatic heterocycles. The molecule has 2 heterocycles. The molecule has 0 radical (unpaired) electrons. The Morgan fingerprint density at radius 3 is 2.62 bits per heavy atom. The Balaban J connectivity index is 2.07. The van der Waals surface area contributed by atoms with Gasteiger partial charge in [-0.2, -0.15) is 5.26 Å². The Bertz CT molecular complexity index is 841. The number of rotatable bonds is 3. The number of nitrogens with one attached hydrogen (secondary N) is 1. The van der Waals surface area contributed by atoms with E-state index in [-0.39, 0.29) is 5.56 Å². The number of nitriles is 1. The van der Waals surface area contributed by atoms with Crippen LogP contribution >= 0.6 is 0 Å². The van der Waals surface area contributed by atoms with Gasteiger partial charge >= 0.3 is 0 Å². The van der Waals surface area contributed by atoms with E-state index in [1.807, 2.05) is 30.3 Å². The highest BCUT2D eigenvalue weighted by Gasteiger charge is 2.11. The second kappa shape index (κ2) is 5.51. The van der Waals surface area contributed by atoms with Crippen LogP contribution in [0.3, 0.4) is 0 Å². The summed E-state index contributed by atoms with van der Waals surface area (Å²) in [5.41, 5.74) is 2.12. The smallest absolute Gasteiger partial charge is 0.252 e. The van der Waals surface area contributed by atoms with Gasteiger partial charge in [-0.1, -0.05) is 30.3 Å². The summed E-state index contributed by atoms with van der Waals surface area (Å²) in [4.78, 5) is 15.0. The first-order valence-electron chi connectivity index (χ1n) is 6.52. The van der Waals surface area contributed by atoms with Crippen LogP contribution in [0, 0.1) is 11.3 Å². The van der Waals surface area contributed by atoms with Crippen LogP contribution in [-0.4, -0.2) is 4.98 Å². The maximum absolute atomic E-state index is 12.2. The lowest BCUT2D eigenvalue weighted by atomic mass is 10.0. The first-order valence-corrected chi connectivity index (χ1v) is 6.52. The van der Waals surface area contributed by atoms with Crippen molar-refractivity contribution in [2.45, 2.75) is 6.42 Å². The van der Waals surface area contributed by atoms with Crippen molar-refractivity contribution in [1.29, 1.82) is 5.26 Å². The van der Waals surface area contributed by atoms with E-state index >= 15 is 0 Å². The second-order valence-corrected chi connectivity index (χ2v) is 4.65. The molecule has 1 aromatic carbocycles. The fourth-order valence-electron chi connectivity index (χ4n) is 2.23. The molecule has 0 aliphatic rings. The van der Waals surface area contributed by atoms with E-state index < -0.39 is 0 Å². The minimum atomic E-state index is -0.204. The van der Waals surface area contributed by atoms with Gasteiger partial charge in [-0.25, -0.2) is 0 Å². The molecule has 102 valence electrons. The van der Waals surface area contributed by atoms with Crippen LogP contribution in [0.4, 0.5) is 0 Å². The van der Waals surface area contributed by atoms with E-state index in [9.17, 15) is 10.1 Å². The van der Waals surface area contributed by atoms with E-state index in [0.29, 0.717) is 29.0 Å². The lowest BCUT2D eigenvalue weighted by Gasteiger charge is -2.06. The molecular weight excluding hydrogens is 264 g/mol. The first kappa shape index (κ1) is 12.9. The predicted molar refractivity (Wildman–Crippen MR) is 78.7 cm³/mol. The molecule has 0 saturated carbocycles. The lowest BCUT2D eigenvalue weighted by molar-refractivity contribution is 0.520. The number of benzene rings is 1. The molecule has 4 nitrogen and oxygen atoms in total. The molecule has 0 aliphatic heterocycles. The van der Waals surface area contributed by atoms with Crippen molar-refractivity contribution in [2.75, 3.05) is 0 Å². The average molecular weight is 276 g/mol. The Hall–Kier alpha value is -3.06. The number of hydrogen-bond acceptors (Lipinski definition) is 3. The molecule has 0 aliphatic carbocycles. The van der Waals surface area contributed by atoms with E-state index in [2.05, 4.69) is 11.1 Å². The molecular formula is C17H12N2O2. The highest BCUT2D eigenvalue weighted by atomic mass is 16.3. The van der Waals surface area contributed by atoms with Crippen LogP contribution in [0.5, 0.6) is 0 Å². The largest absolute Gasteiger partial charge is 0.469 e. The van der Waals surface area contributed by atoms with Gasteiger partial charge in [-0.3, -0.25) is 4.79 Å². The van der Waals surface area contributed by atoms with Crippen molar-refractivity contribution in [3.8, 4) is 17.3 Å². The zero-order chi connectivity index (χ0) is 14.7. The third-order valence-corrected chi connectivity index (χ3v) is 3.25. The van der Waals surface area contributed by atoms with Gasteiger partial charge in [0, 0.05) is 12.0 Å². The Morgan fingerprint density at radius 2 is 1.95 bits per heavy atom. The molecule has 4 heteroatoms. The molecule has 21 heavy (non-hydrogen) atoms. The topological polar surface area (TPSA) is 69.8 Å². The van der Waals surface area contributed by atoms with Crippen LogP contribution in [0.25, 0.3) is 11.3 Å². The van der Waals surface area contributed by atoms with Crippen molar-refractivity contribution >= 4 is 0 Å². The van der Waals surface area contributed by atoms with Crippen LogP contribution < -0.4 is 5.56 Å². The molecule has 0 saturated heterocycles. The fourth-order valence-corrected chi connectivity index (χ4v) is 2.23. The van der Waals surface area contributed by atoms with Crippen LogP contribution in [0.2, 0.25) is 0 Å². The SMILES string of the molecule is N#Cc1cc(Cc2ccco2)c(=O)[nH]c1-c1ccccc1. The third kappa shape index (κ3) is 2.63. The Labute approximate surface area is 121 Å². The number of nitrogens with zero attached hydrogens (tertiary/aromatic N) is 1. The van der Waals surface area contributed by atoms with Gasteiger partial charge < -0.3 is 9.40 Å². The highest BCUT2D eigenvalue weighted by Crippen LogP contribution is 2.20. The third-order valence-electron chi connectivity index (χ3n) is 3.25. The summed E-state index contributed by atoms with van der Waals surface area (Å²) in [5, 5.41) is 9.33. The monoisotopic (exact) mass is 276 g/mol. The summed E-state index contributed by atoms with van der Waals surface area (Å²) in [6, 6.07) is 16.7. The number of aromatic amines is 1. The standard InChI is InChI=1S/C17H12N2O2/c18-11-14-9-13(10-15-7-4-8-21-15)17(20)19-16(14)12-5-2-1-3-6-12/h1-9H,10H2,(H,19,20). The van der Waals surface area contributed by atoms with Gasteiger partial charge in [0.05, 0.1) is 17.5 Å². The number of furan rings is 1. The maximum atomic E-state index is 12.2. The molecule has 0 amide bonds. The number of hydrogen-bond donors (Lipinski definition) is 1. The molecule has 0 unspecified atom stereocenters. The molecule has 3 aromatic rings. The minimum absolute atomic E-state index is 0.204. The van der Waals surface area contributed by atoms with E-state index in [1.54, 1.807) is 24.5 Å². The molecule has 3 rings (SSSR count). The van der Waals surface area contributed by atoms with Gasteiger partial charge in [0.2, 0.25) is 0 Å². The summed E-state index contributed by atoms with van der Waals surface area (Å²) in [6.45, 7) is 0. The van der Waals surface area contributed by atoms with Crippen molar-refractivity contribution in [3.05, 3.63) is 82.0 Å². The summed E-state index contributed by atoms with van der Waals surface area (Å²) in [5.74, 6) is 0.692. The molecule has 1 N–H and O–H groups in total. The summed E-state index contributed by atoms with van der Waals surface area (Å²) in [7, 11) is 0. The molecule has 0 atom stereocenters. The van der Waals surface area contributed by atoms with Crippen molar-refractivity contribution in [3.63, 3.8) is 0 Å². The minimum Gasteiger partial charge on any atom is -0.469 e. The second-order valence-electron chi connectivity index (χ2n) is 4.65. The van der Waals surface area contributed by atoms with Gasteiger partial charge in [0.15, 0.2) is 0 Å². The zero-order valence-corrected chi connectivity index (χ0v) is 11.2. The summed E-state index contributed by atoms with van der Waals surface area (Å²) < 4.78 is 5.25. The lowest BCUT2D eigenvalue weighted by Crippen LogP contribution is -2.14. The highest BCUT2D eigenvalue weighted by molar-refractivity contribution is 5.66. The predicted octanol–water partition coefficient (Wildman–Crippen LogP) is 3.10. The van der Waals surface area contributed by atoms with Crippen LogP contribution in [-0.2, 0) is 6.42 Å². The first-order chi connectivity index (χ1) is 10.3. The molecule has 0 spiro atoms. The summed E-state index contributed by atoms with van der Waals surface area (Å²) >= 11 is 0.